The molecule has 0 unspecified atom stereocenters. The van der Waals surface area contributed by atoms with E-state index in [0.717, 1.165) is 43.9 Å². The molecule has 0 atom stereocenters. The van der Waals surface area contributed by atoms with Gasteiger partial charge in [0.25, 0.3) is 5.91 Å². The Morgan fingerprint density at radius 2 is 1.93 bits per heavy atom. The maximum atomic E-state index is 13.2. The van der Waals surface area contributed by atoms with Crippen molar-refractivity contribution in [1.82, 2.24) is 15.3 Å². The molecule has 0 bridgehead atoms. The minimum atomic E-state index is -1.05. The van der Waals surface area contributed by atoms with Crippen LogP contribution in [0.3, 0.4) is 0 Å². The number of hydrogen-bond acceptors (Lipinski definition) is 5. The first-order valence-corrected chi connectivity index (χ1v) is 8.99. The molecule has 0 saturated carbocycles. The lowest BCUT2D eigenvalue weighted by molar-refractivity contribution is 0.0946. The summed E-state index contributed by atoms with van der Waals surface area (Å²) in [5.74, 6) is -0.614. The van der Waals surface area contributed by atoms with Gasteiger partial charge in [0.1, 0.15) is 18.2 Å². The smallest absolute Gasteiger partial charge is 0.251 e. The summed E-state index contributed by atoms with van der Waals surface area (Å²) in [6.07, 6.45) is 3.53. The van der Waals surface area contributed by atoms with E-state index in [2.05, 4.69) is 20.2 Å². The molecule has 1 fully saturated rings. The fourth-order valence-electron chi connectivity index (χ4n) is 2.94. The molecule has 0 spiro atoms. The number of anilines is 1. The molecule has 1 aliphatic rings. The number of carbonyl (C=O) groups excluding carboxylic acids is 1. The summed E-state index contributed by atoms with van der Waals surface area (Å²) in [5.41, 5.74) is 0.0548. The predicted molar refractivity (Wildman–Crippen MR) is 97.0 cm³/mol. The van der Waals surface area contributed by atoms with Gasteiger partial charge in [-0.2, -0.15) is 4.98 Å². The number of hydrogen-bond donors (Lipinski definition) is 1. The number of nitrogens with one attached hydrogen (secondary N) is 1. The number of benzene rings is 1. The molecule has 1 saturated heterocycles. The van der Waals surface area contributed by atoms with Crippen LogP contribution in [0.25, 0.3) is 0 Å². The van der Waals surface area contributed by atoms with Gasteiger partial charge in [-0.25, -0.2) is 13.8 Å². The van der Waals surface area contributed by atoms with Crippen molar-refractivity contribution < 1.29 is 18.3 Å². The molecule has 6 nitrogen and oxygen atoms in total. The minimum absolute atomic E-state index is 0.0548. The minimum Gasteiger partial charge on any atom is -0.476 e. The van der Waals surface area contributed by atoms with Gasteiger partial charge in [0.2, 0.25) is 5.88 Å². The maximum Gasteiger partial charge on any atom is 0.251 e. The SMILES string of the molecule is Cc1nc(OCCNC(=O)c2ccc(F)c(F)c2)cc(N2CCCCC2)n1. The van der Waals surface area contributed by atoms with Crippen LogP contribution >= 0.6 is 0 Å². The lowest BCUT2D eigenvalue weighted by Crippen LogP contribution is -2.30. The monoisotopic (exact) mass is 376 g/mol. The number of halogens is 2. The van der Waals surface area contributed by atoms with Crippen molar-refractivity contribution in [3.63, 3.8) is 0 Å². The number of rotatable bonds is 6. The average molecular weight is 376 g/mol. The van der Waals surface area contributed by atoms with E-state index >= 15 is 0 Å². The molecule has 1 aromatic carbocycles. The van der Waals surface area contributed by atoms with E-state index in [0.29, 0.717) is 11.7 Å². The Labute approximate surface area is 156 Å². The van der Waals surface area contributed by atoms with Crippen molar-refractivity contribution in [3.05, 3.63) is 47.3 Å². The lowest BCUT2D eigenvalue weighted by atomic mass is 10.1. The molecule has 1 aliphatic heterocycles. The third kappa shape index (κ3) is 5.12. The van der Waals surface area contributed by atoms with Crippen molar-refractivity contribution in [3.8, 4) is 5.88 Å². The van der Waals surface area contributed by atoms with Gasteiger partial charge in [0.15, 0.2) is 11.6 Å². The zero-order chi connectivity index (χ0) is 19.2. The number of amides is 1. The van der Waals surface area contributed by atoms with Gasteiger partial charge < -0.3 is 15.0 Å². The molecule has 3 rings (SSSR count). The Hall–Kier alpha value is -2.77. The third-order valence-corrected chi connectivity index (χ3v) is 4.30. The summed E-state index contributed by atoms with van der Waals surface area (Å²) >= 11 is 0. The summed E-state index contributed by atoms with van der Waals surface area (Å²) in [5, 5.41) is 2.60. The fraction of sp³-hybridized carbons (Fsp3) is 0.421. The fourth-order valence-corrected chi connectivity index (χ4v) is 2.94. The molecule has 1 N–H and O–H groups in total. The summed E-state index contributed by atoms with van der Waals surface area (Å²) in [4.78, 5) is 22.9. The topological polar surface area (TPSA) is 67.3 Å². The van der Waals surface area contributed by atoms with Gasteiger partial charge in [-0.15, -0.1) is 0 Å². The molecule has 0 radical (unpaired) electrons. The Morgan fingerprint density at radius 1 is 1.15 bits per heavy atom. The van der Waals surface area contributed by atoms with Crippen molar-refractivity contribution in [2.75, 3.05) is 31.1 Å². The molecule has 8 heteroatoms. The van der Waals surface area contributed by atoms with E-state index in [1.165, 1.54) is 12.5 Å². The molecule has 144 valence electrons. The van der Waals surface area contributed by atoms with Crippen LogP contribution in [-0.2, 0) is 0 Å². The molecular formula is C19H22F2N4O2. The molecule has 2 aromatic rings. The quantitative estimate of drug-likeness (QED) is 0.786. The largest absolute Gasteiger partial charge is 0.476 e. The summed E-state index contributed by atoms with van der Waals surface area (Å²) in [6, 6.07) is 4.82. The number of nitrogens with zero attached hydrogens (tertiary/aromatic N) is 3. The maximum absolute atomic E-state index is 13.2. The van der Waals surface area contributed by atoms with Gasteiger partial charge in [0.05, 0.1) is 6.54 Å². The van der Waals surface area contributed by atoms with Crippen LogP contribution < -0.4 is 15.0 Å². The van der Waals surface area contributed by atoms with Gasteiger partial charge in [-0.1, -0.05) is 0 Å². The normalized spacial score (nSPS) is 14.1. The Bertz CT molecular complexity index is 810. The Balaban J connectivity index is 1.51. The number of carbonyl (C=O) groups is 1. The van der Waals surface area contributed by atoms with Gasteiger partial charge in [0, 0.05) is 24.7 Å². The lowest BCUT2D eigenvalue weighted by Gasteiger charge is -2.28. The Morgan fingerprint density at radius 3 is 2.67 bits per heavy atom. The average Bonchev–Trinajstić information content (AvgIpc) is 2.67. The summed E-state index contributed by atoms with van der Waals surface area (Å²) < 4.78 is 31.7. The number of aromatic nitrogens is 2. The molecular weight excluding hydrogens is 354 g/mol. The number of aryl methyl sites for hydroxylation is 1. The highest BCUT2D eigenvalue weighted by Crippen LogP contribution is 2.21. The first-order chi connectivity index (χ1) is 13.0. The Kier molecular flexibility index (Phi) is 6.16. The summed E-state index contributed by atoms with van der Waals surface area (Å²) in [7, 11) is 0. The van der Waals surface area contributed by atoms with Crippen LogP contribution in [0.15, 0.2) is 24.3 Å². The zero-order valence-electron chi connectivity index (χ0n) is 15.2. The third-order valence-electron chi connectivity index (χ3n) is 4.30. The van der Waals surface area contributed by atoms with Gasteiger partial charge in [-0.05, 0) is 44.4 Å². The van der Waals surface area contributed by atoms with Gasteiger partial charge >= 0.3 is 0 Å². The molecule has 27 heavy (non-hydrogen) atoms. The highest BCUT2D eigenvalue weighted by Gasteiger charge is 2.14. The first-order valence-electron chi connectivity index (χ1n) is 8.99. The highest BCUT2D eigenvalue weighted by molar-refractivity contribution is 5.94. The van der Waals surface area contributed by atoms with E-state index in [1.807, 2.05) is 6.92 Å². The molecule has 1 aromatic heterocycles. The zero-order valence-corrected chi connectivity index (χ0v) is 15.2. The second-order valence-electron chi connectivity index (χ2n) is 6.39. The van der Waals surface area contributed by atoms with E-state index in [4.69, 9.17) is 4.74 Å². The van der Waals surface area contributed by atoms with E-state index < -0.39 is 17.5 Å². The standard InChI is InChI=1S/C19H22F2N4O2/c1-13-23-17(25-8-3-2-4-9-25)12-18(24-13)27-10-7-22-19(26)14-5-6-15(20)16(21)11-14/h5-6,11-12H,2-4,7-10H2,1H3,(H,22,26). The molecule has 0 aliphatic carbocycles. The predicted octanol–water partition coefficient (Wildman–Crippen LogP) is 2.86. The second-order valence-corrected chi connectivity index (χ2v) is 6.39. The van der Waals surface area contributed by atoms with Crippen molar-refractivity contribution in [2.24, 2.45) is 0 Å². The van der Waals surface area contributed by atoms with Crippen LogP contribution in [0, 0.1) is 18.6 Å². The van der Waals surface area contributed by atoms with Crippen LogP contribution in [0.4, 0.5) is 14.6 Å². The number of ether oxygens (including phenoxy) is 1. The van der Waals surface area contributed by atoms with Crippen LogP contribution in [-0.4, -0.2) is 42.1 Å². The van der Waals surface area contributed by atoms with Crippen molar-refractivity contribution in [1.29, 1.82) is 0 Å². The van der Waals surface area contributed by atoms with Crippen molar-refractivity contribution in [2.45, 2.75) is 26.2 Å². The van der Waals surface area contributed by atoms with Gasteiger partial charge in [-0.3, -0.25) is 4.79 Å². The van der Waals surface area contributed by atoms with E-state index in [9.17, 15) is 13.6 Å². The first kappa shape index (κ1) is 19.0. The van der Waals surface area contributed by atoms with Crippen LogP contribution in [0.1, 0.15) is 35.4 Å². The van der Waals surface area contributed by atoms with Crippen LogP contribution in [0.5, 0.6) is 5.88 Å². The molecule has 2 heterocycles. The second kappa shape index (κ2) is 8.75. The summed E-state index contributed by atoms with van der Waals surface area (Å²) in [6.45, 7) is 4.16. The van der Waals surface area contributed by atoms with Crippen LogP contribution in [0.2, 0.25) is 0 Å². The van der Waals surface area contributed by atoms with E-state index in [1.54, 1.807) is 6.07 Å². The van der Waals surface area contributed by atoms with Crippen molar-refractivity contribution >= 4 is 11.7 Å². The molecule has 1 amide bonds. The van der Waals surface area contributed by atoms with E-state index in [-0.39, 0.29) is 18.7 Å². The number of piperidine rings is 1. The highest BCUT2D eigenvalue weighted by atomic mass is 19.2.